The van der Waals surface area contributed by atoms with Crippen molar-refractivity contribution < 1.29 is 5.11 Å². The van der Waals surface area contributed by atoms with Gasteiger partial charge in [0.15, 0.2) is 0 Å². The van der Waals surface area contributed by atoms with Crippen LogP contribution in [-0.4, -0.2) is 29.8 Å². The summed E-state index contributed by atoms with van der Waals surface area (Å²) in [6.45, 7) is 3.84. The molecule has 0 saturated heterocycles. The first-order chi connectivity index (χ1) is 4.63. The van der Waals surface area contributed by atoms with Crippen LogP contribution in [0.3, 0.4) is 0 Å². The predicted molar refractivity (Wildman–Crippen MR) is 39.3 cm³/mol. The second-order valence-corrected chi connectivity index (χ2v) is 2.65. The van der Waals surface area contributed by atoms with E-state index in [1.54, 1.807) is 7.05 Å². The molecule has 0 aromatic carbocycles. The topological polar surface area (TPSA) is 52.9 Å². The van der Waals surface area contributed by atoms with E-state index in [9.17, 15) is 4.91 Å². The minimum atomic E-state index is -0.155. The molecule has 0 unspecified atom stereocenters. The summed E-state index contributed by atoms with van der Waals surface area (Å²) in [6, 6.07) is -0.155. The van der Waals surface area contributed by atoms with Crippen molar-refractivity contribution in [2.45, 2.75) is 19.9 Å². The zero-order chi connectivity index (χ0) is 8.15. The van der Waals surface area contributed by atoms with E-state index in [1.165, 1.54) is 5.01 Å². The lowest BCUT2D eigenvalue weighted by Crippen LogP contribution is -2.34. The SMILES string of the molecule is CC(C)[C@@H](CO)N(C)N=O. The first-order valence-electron chi connectivity index (χ1n) is 3.30. The molecule has 0 amide bonds. The Kier molecular flexibility index (Phi) is 3.95. The number of hydrogen-bond donors (Lipinski definition) is 1. The Morgan fingerprint density at radius 3 is 2.20 bits per heavy atom. The first-order valence-corrected chi connectivity index (χ1v) is 3.30. The summed E-state index contributed by atoms with van der Waals surface area (Å²) < 4.78 is 0. The highest BCUT2D eigenvalue weighted by molar-refractivity contribution is 4.67. The lowest BCUT2D eigenvalue weighted by atomic mass is 10.1. The van der Waals surface area contributed by atoms with Crippen molar-refractivity contribution in [3.8, 4) is 0 Å². The van der Waals surface area contributed by atoms with Crippen molar-refractivity contribution in [3.63, 3.8) is 0 Å². The van der Waals surface area contributed by atoms with Gasteiger partial charge in [0, 0.05) is 7.05 Å². The van der Waals surface area contributed by atoms with E-state index in [4.69, 9.17) is 5.11 Å². The number of nitroso groups, excluding NO2 is 1. The molecule has 1 atom stereocenters. The quantitative estimate of drug-likeness (QED) is 0.467. The molecule has 0 aliphatic heterocycles. The van der Waals surface area contributed by atoms with Crippen LogP contribution >= 0.6 is 0 Å². The van der Waals surface area contributed by atoms with Crippen molar-refractivity contribution in [1.82, 2.24) is 5.01 Å². The van der Waals surface area contributed by atoms with Crippen molar-refractivity contribution in [3.05, 3.63) is 4.91 Å². The number of likely N-dealkylation sites (N-methyl/N-ethyl adjacent to an activating group) is 1. The highest BCUT2D eigenvalue weighted by Crippen LogP contribution is 2.07. The molecule has 1 N–H and O–H groups in total. The summed E-state index contributed by atoms with van der Waals surface area (Å²) in [4.78, 5) is 9.97. The van der Waals surface area contributed by atoms with E-state index >= 15 is 0 Å². The fourth-order valence-electron chi connectivity index (χ4n) is 0.821. The van der Waals surface area contributed by atoms with E-state index in [1.807, 2.05) is 13.8 Å². The minimum Gasteiger partial charge on any atom is -0.394 e. The lowest BCUT2D eigenvalue weighted by Gasteiger charge is -2.23. The van der Waals surface area contributed by atoms with Gasteiger partial charge >= 0.3 is 0 Å². The average molecular weight is 146 g/mol. The molecule has 4 nitrogen and oxygen atoms in total. The number of aliphatic hydroxyl groups excluding tert-OH is 1. The Morgan fingerprint density at radius 2 is 2.10 bits per heavy atom. The largest absolute Gasteiger partial charge is 0.394 e. The second kappa shape index (κ2) is 4.22. The van der Waals surface area contributed by atoms with Gasteiger partial charge in [-0.05, 0) is 5.92 Å². The maximum absolute atomic E-state index is 9.97. The molecule has 0 aromatic rings. The lowest BCUT2D eigenvalue weighted by molar-refractivity contribution is 0.114. The highest BCUT2D eigenvalue weighted by Gasteiger charge is 2.16. The van der Waals surface area contributed by atoms with Gasteiger partial charge in [0.05, 0.1) is 17.9 Å². The third-order valence-corrected chi connectivity index (χ3v) is 1.57. The van der Waals surface area contributed by atoms with Crippen LogP contribution in [0.2, 0.25) is 0 Å². The van der Waals surface area contributed by atoms with Crippen molar-refractivity contribution in [1.29, 1.82) is 0 Å². The van der Waals surface area contributed by atoms with E-state index in [0.29, 0.717) is 0 Å². The Bertz CT molecular complexity index is 106. The average Bonchev–Trinajstić information content (AvgIpc) is 1.88. The zero-order valence-corrected chi connectivity index (χ0v) is 6.61. The molecule has 10 heavy (non-hydrogen) atoms. The second-order valence-electron chi connectivity index (χ2n) is 2.65. The van der Waals surface area contributed by atoms with Gasteiger partial charge in [0.25, 0.3) is 0 Å². The maximum Gasteiger partial charge on any atom is 0.0752 e. The van der Waals surface area contributed by atoms with E-state index in [0.717, 1.165) is 0 Å². The van der Waals surface area contributed by atoms with Gasteiger partial charge < -0.3 is 5.11 Å². The molecule has 4 heteroatoms. The van der Waals surface area contributed by atoms with Crippen LogP contribution in [-0.2, 0) is 0 Å². The van der Waals surface area contributed by atoms with E-state index in [2.05, 4.69) is 5.29 Å². The molecule has 0 spiro atoms. The van der Waals surface area contributed by atoms with Crippen LogP contribution in [0.15, 0.2) is 5.29 Å². The molecule has 0 heterocycles. The molecule has 60 valence electrons. The van der Waals surface area contributed by atoms with Gasteiger partial charge in [0.1, 0.15) is 0 Å². The Balaban J connectivity index is 3.92. The van der Waals surface area contributed by atoms with E-state index in [-0.39, 0.29) is 18.6 Å². The zero-order valence-electron chi connectivity index (χ0n) is 6.61. The fourth-order valence-corrected chi connectivity index (χ4v) is 0.821. The molecule has 0 radical (unpaired) electrons. The van der Waals surface area contributed by atoms with Crippen LogP contribution in [0.5, 0.6) is 0 Å². The standard InChI is InChI=1S/C6H14N2O2/c1-5(2)6(4-9)8(3)7-10/h5-6,9H,4H2,1-3H3/t6-/m1/s1. The van der Waals surface area contributed by atoms with Gasteiger partial charge in [-0.3, -0.25) is 5.01 Å². The summed E-state index contributed by atoms with van der Waals surface area (Å²) in [6.07, 6.45) is 0. The Labute approximate surface area is 60.8 Å². The predicted octanol–water partition coefficient (Wildman–Crippen LogP) is 0.617. The number of hydrogen-bond acceptors (Lipinski definition) is 3. The van der Waals surface area contributed by atoms with Gasteiger partial charge in [-0.1, -0.05) is 13.8 Å². The Morgan fingerprint density at radius 1 is 1.60 bits per heavy atom. The maximum atomic E-state index is 9.97. The van der Waals surface area contributed by atoms with Crippen LogP contribution in [0.4, 0.5) is 0 Å². The minimum absolute atomic E-state index is 0.0279. The monoisotopic (exact) mass is 146 g/mol. The van der Waals surface area contributed by atoms with E-state index < -0.39 is 0 Å². The summed E-state index contributed by atoms with van der Waals surface area (Å²) in [5.74, 6) is 0.243. The van der Waals surface area contributed by atoms with Gasteiger partial charge in [-0.2, -0.15) is 0 Å². The van der Waals surface area contributed by atoms with Crippen LogP contribution in [0, 0.1) is 10.8 Å². The van der Waals surface area contributed by atoms with Gasteiger partial charge in [-0.25, -0.2) is 0 Å². The molecule has 0 bridgehead atoms. The molecule has 0 aromatic heterocycles. The van der Waals surface area contributed by atoms with Crippen LogP contribution in [0.1, 0.15) is 13.8 Å². The smallest absolute Gasteiger partial charge is 0.0752 e. The summed E-state index contributed by atoms with van der Waals surface area (Å²) in [5.41, 5.74) is 0. The number of nitrogens with zero attached hydrogens (tertiary/aromatic N) is 2. The highest BCUT2D eigenvalue weighted by atomic mass is 16.3. The first kappa shape index (κ1) is 9.36. The van der Waals surface area contributed by atoms with Crippen LogP contribution < -0.4 is 0 Å². The third kappa shape index (κ3) is 2.31. The van der Waals surface area contributed by atoms with Crippen molar-refractivity contribution in [2.24, 2.45) is 11.2 Å². The van der Waals surface area contributed by atoms with Crippen LogP contribution in [0.25, 0.3) is 0 Å². The number of rotatable bonds is 4. The number of aliphatic hydroxyl groups is 1. The molecule has 0 aliphatic rings. The Hall–Kier alpha value is -0.640. The molecular weight excluding hydrogens is 132 g/mol. The molecule has 0 rings (SSSR count). The molecule has 0 saturated carbocycles. The summed E-state index contributed by atoms with van der Waals surface area (Å²) in [5, 5.41) is 12.7. The fraction of sp³-hybridized carbons (Fsp3) is 1.00. The normalized spacial score (nSPS) is 13.3. The third-order valence-electron chi connectivity index (χ3n) is 1.57. The van der Waals surface area contributed by atoms with Gasteiger partial charge in [0.2, 0.25) is 0 Å². The summed E-state index contributed by atoms with van der Waals surface area (Å²) in [7, 11) is 1.56. The molecular formula is C6H14N2O2. The van der Waals surface area contributed by atoms with Crippen molar-refractivity contribution >= 4 is 0 Å². The van der Waals surface area contributed by atoms with Crippen molar-refractivity contribution in [2.75, 3.05) is 13.7 Å². The molecule has 0 fully saturated rings. The summed E-state index contributed by atoms with van der Waals surface area (Å²) >= 11 is 0. The molecule has 0 aliphatic carbocycles. The van der Waals surface area contributed by atoms with Gasteiger partial charge in [-0.15, -0.1) is 4.91 Å².